The van der Waals surface area contributed by atoms with E-state index < -0.39 is 0 Å². The van der Waals surface area contributed by atoms with Crippen LogP contribution in [0, 0.1) is 0 Å². The SMILES string of the molecule is O=C(c1cccc(Br)c1)N1CCC(Oc2nncc3ccccc23)CC1. The van der Waals surface area contributed by atoms with E-state index in [4.69, 9.17) is 4.74 Å². The zero-order valence-corrected chi connectivity index (χ0v) is 15.7. The smallest absolute Gasteiger partial charge is 0.253 e. The number of halogens is 1. The van der Waals surface area contributed by atoms with Crippen LogP contribution in [0.5, 0.6) is 5.88 Å². The van der Waals surface area contributed by atoms with Crippen LogP contribution in [0.2, 0.25) is 0 Å². The quantitative estimate of drug-likeness (QED) is 0.651. The second-order valence-electron chi connectivity index (χ2n) is 6.36. The molecule has 0 bridgehead atoms. The van der Waals surface area contributed by atoms with E-state index in [1.165, 1.54) is 0 Å². The molecule has 3 aromatic rings. The minimum Gasteiger partial charge on any atom is -0.473 e. The molecule has 0 aliphatic carbocycles. The molecule has 1 fully saturated rings. The normalized spacial score (nSPS) is 15.2. The molecule has 1 aliphatic heterocycles. The Bertz CT molecular complexity index is 934. The van der Waals surface area contributed by atoms with Crippen molar-refractivity contribution in [3.05, 3.63) is 64.8 Å². The molecule has 1 amide bonds. The molecule has 26 heavy (non-hydrogen) atoms. The Morgan fingerprint density at radius 2 is 1.92 bits per heavy atom. The predicted octanol–water partition coefficient (Wildman–Crippen LogP) is 4.08. The fraction of sp³-hybridized carbons (Fsp3) is 0.250. The van der Waals surface area contributed by atoms with E-state index in [0.717, 1.165) is 28.1 Å². The van der Waals surface area contributed by atoms with Crippen molar-refractivity contribution in [3.63, 3.8) is 0 Å². The molecule has 0 atom stereocenters. The summed E-state index contributed by atoms with van der Waals surface area (Å²) in [6.07, 6.45) is 3.35. The highest BCUT2D eigenvalue weighted by Gasteiger charge is 2.25. The Morgan fingerprint density at radius 3 is 2.73 bits per heavy atom. The second kappa shape index (κ2) is 7.41. The molecule has 132 valence electrons. The molecular formula is C20H18BrN3O2. The third-order valence-corrected chi connectivity index (χ3v) is 5.11. The van der Waals surface area contributed by atoms with E-state index in [1.807, 2.05) is 53.4 Å². The van der Waals surface area contributed by atoms with Crippen LogP contribution in [0.3, 0.4) is 0 Å². The van der Waals surface area contributed by atoms with Gasteiger partial charge >= 0.3 is 0 Å². The molecule has 0 spiro atoms. The first-order valence-electron chi connectivity index (χ1n) is 8.62. The summed E-state index contributed by atoms with van der Waals surface area (Å²) in [7, 11) is 0. The van der Waals surface area contributed by atoms with Crippen molar-refractivity contribution >= 4 is 32.6 Å². The Balaban J connectivity index is 1.41. The van der Waals surface area contributed by atoms with Crippen molar-refractivity contribution in [2.24, 2.45) is 0 Å². The van der Waals surface area contributed by atoms with Crippen LogP contribution in [0.15, 0.2) is 59.2 Å². The molecule has 0 radical (unpaired) electrons. The van der Waals surface area contributed by atoms with Crippen LogP contribution >= 0.6 is 15.9 Å². The number of hydrogen-bond acceptors (Lipinski definition) is 4. The molecule has 4 rings (SSSR count). The van der Waals surface area contributed by atoms with Crippen LogP contribution in [0.25, 0.3) is 10.8 Å². The summed E-state index contributed by atoms with van der Waals surface area (Å²) in [5.41, 5.74) is 0.707. The lowest BCUT2D eigenvalue weighted by atomic mass is 10.1. The predicted molar refractivity (Wildman–Crippen MR) is 103 cm³/mol. The number of aromatic nitrogens is 2. The maximum Gasteiger partial charge on any atom is 0.253 e. The van der Waals surface area contributed by atoms with E-state index >= 15 is 0 Å². The number of carbonyl (C=O) groups excluding carboxylic acids is 1. The van der Waals surface area contributed by atoms with Crippen molar-refractivity contribution in [1.82, 2.24) is 15.1 Å². The van der Waals surface area contributed by atoms with Gasteiger partial charge in [0.05, 0.1) is 6.20 Å². The summed E-state index contributed by atoms with van der Waals surface area (Å²) in [6.45, 7) is 1.35. The van der Waals surface area contributed by atoms with Crippen molar-refractivity contribution in [3.8, 4) is 5.88 Å². The van der Waals surface area contributed by atoms with Gasteiger partial charge in [0.2, 0.25) is 5.88 Å². The summed E-state index contributed by atoms with van der Waals surface area (Å²) >= 11 is 3.42. The molecule has 0 unspecified atom stereocenters. The molecule has 5 nitrogen and oxygen atoms in total. The van der Waals surface area contributed by atoms with Gasteiger partial charge < -0.3 is 9.64 Å². The van der Waals surface area contributed by atoms with Crippen LogP contribution in [-0.4, -0.2) is 40.2 Å². The van der Waals surface area contributed by atoms with Gasteiger partial charge in [-0.05, 0) is 24.3 Å². The summed E-state index contributed by atoms with van der Waals surface area (Å²) < 4.78 is 7.02. The standard InChI is InChI=1S/C20H18BrN3O2/c21-16-6-3-5-14(12-16)20(25)24-10-8-17(9-11-24)26-19-18-7-2-1-4-15(18)13-22-23-19/h1-7,12-13,17H,8-11H2. The molecule has 1 aromatic heterocycles. The number of likely N-dealkylation sites (tertiary alicyclic amines) is 1. The van der Waals surface area contributed by atoms with Crippen LogP contribution in [0.4, 0.5) is 0 Å². The van der Waals surface area contributed by atoms with Crippen LogP contribution in [-0.2, 0) is 0 Å². The van der Waals surface area contributed by atoms with Gasteiger partial charge in [-0.3, -0.25) is 4.79 Å². The lowest BCUT2D eigenvalue weighted by Gasteiger charge is -2.32. The molecule has 0 N–H and O–H groups in total. The molecule has 1 saturated heterocycles. The van der Waals surface area contributed by atoms with E-state index in [9.17, 15) is 4.79 Å². The Morgan fingerprint density at radius 1 is 1.12 bits per heavy atom. The lowest BCUT2D eigenvalue weighted by Crippen LogP contribution is -2.41. The maximum absolute atomic E-state index is 12.6. The number of ether oxygens (including phenoxy) is 1. The molecule has 2 aromatic carbocycles. The van der Waals surface area contributed by atoms with Crippen molar-refractivity contribution in [1.29, 1.82) is 0 Å². The van der Waals surface area contributed by atoms with E-state index in [2.05, 4.69) is 26.1 Å². The second-order valence-corrected chi connectivity index (χ2v) is 7.27. The molecule has 1 aliphatic rings. The zero-order valence-electron chi connectivity index (χ0n) is 14.1. The number of amides is 1. The monoisotopic (exact) mass is 411 g/mol. The highest BCUT2D eigenvalue weighted by Crippen LogP contribution is 2.25. The first-order chi connectivity index (χ1) is 12.7. The van der Waals surface area contributed by atoms with Gasteiger partial charge in [-0.15, -0.1) is 5.10 Å². The fourth-order valence-electron chi connectivity index (χ4n) is 3.23. The average molecular weight is 412 g/mol. The minimum absolute atomic E-state index is 0.0432. The van der Waals surface area contributed by atoms with Crippen molar-refractivity contribution in [2.45, 2.75) is 18.9 Å². The zero-order chi connectivity index (χ0) is 17.9. The molecule has 2 heterocycles. The van der Waals surface area contributed by atoms with Crippen molar-refractivity contribution < 1.29 is 9.53 Å². The maximum atomic E-state index is 12.6. The minimum atomic E-state index is 0.0432. The van der Waals surface area contributed by atoms with Crippen LogP contribution in [0.1, 0.15) is 23.2 Å². The Hall–Kier alpha value is -2.47. The van der Waals surface area contributed by atoms with E-state index in [-0.39, 0.29) is 12.0 Å². The van der Waals surface area contributed by atoms with E-state index in [1.54, 1.807) is 6.20 Å². The third kappa shape index (κ3) is 3.55. The highest BCUT2D eigenvalue weighted by atomic mass is 79.9. The largest absolute Gasteiger partial charge is 0.473 e. The van der Waals surface area contributed by atoms with Gasteiger partial charge in [0.15, 0.2) is 0 Å². The number of carbonyl (C=O) groups is 1. The number of fused-ring (bicyclic) bond motifs is 1. The first kappa shape index (κ1) is 17.0. The summed E-state index contributed by atoms with van der Waals surface area (Å²) in [6, 6.07) is 15.4. The number of piperidine rings is 1. The molecule has 0 saturated carbocycles. The van der Waals surface area contributed by atoms with Gasteiger partial charge in [-0.1, -0.05) is 40.2 Å². The third-order valence-electron chi connectivity index (χ3n) is 4.62. The fourth-order valence-corrected chi connectivity index (χ4v) is 3.63. The first-order valence-corrected chi connectivity index (χ1v) is 9.42. The van der Waals surface area contributed by atoms with Crippen molar-refractivity contribution in [2.75, 3.05) is 13.1 Å². The number of hydrogen-bond donors (Lipinski definition) is 0. The Kier molecular flexibility index (Phi) is 4.84. The summed E-state index contributed by atoms with van der Waals surface area (Å²) in [4.78, 5) is 14.5. The highest BCUT2D eigenvalue weighted by molar-refractivity contribution is 9.10. The van der Waals surface area contributed by atoms with Gasteiger partial charge in [0.1, 0.15) is 6.10 Å². The van der Waals surface area contributed by atoms with E-state index in [0.29, 0.717) is 24.5 Å². The average Bonchev–Trinajstić information content (AvgIpc) is 2.68. The lowest BCUT2D eigenvalue weighted by molar-refractivity contribution is 0.0589. The summed E-state index contributed by atoms with van der Waals surface area (Å²) in [5.74, 6) is 0.634. The Labute approximate surface area is 160 Å². The van der Waals surface area contributed by atoms with Gasteiger partial charge in [-0.25, -0.2) is 0 Å². The number of rotatable bonds is 3. The number of benzene rings is 2. The number of nitrogens with zero attached hydrogens (tertiary/aromatic N) is 3. The van der Waals surface area contributed by atoms with Gasteiger partial charge in [0.25, 0.3) is 5.91 Å². The summed E-state index contributed by atoms with van der Waals surface area (Å²) in [5, 5.41) is 10.2. The van der Waals surface area contributed by atoms with Gasteiger partial charge in [0, 0.05) is 46.7 Å². The molecular weight excluding hydrogens is 394 g/mol. The topological polar surface area (TPSA) is 55.3 Å². The molecule has 6 heteroatoms. The van der Waals surface area contributed by atoms with Gasteiger partial charge in [-0.2, -0.15) is 5.10 Å². The van der Waals surface area contributed by atoms with Crippen LogP contribution < -0.4 is 4.74 Å².